The van der Waals surface area contributed by atoms with E-state index in [2.05, 4.69) is 40.2 Å². The molecule has 0 amide bonds. The molecular formula is C13H17BrClN3O. The van der Waals surface area contributed by atoms with Crippen LogP contribution in [0.5, 0.6) is 0 Å². The van der Waals surface area contributed by atoms with Gasteiger partial charge >= 0.3 is 0 Å². The zero-order chi connectivity index (χ0) is 13.8. The van der Waals surface area contributed by atoms with E-state index < -0.39 is 0 Å². The van der Waals surface area contributed by atoms with E-state index in [4.69, 9.17) is 16.0 Å². The van der Waals surface area contributed by atoms with Crippen LogP contribution in [0.1, 0.15) is 37.8 Å². The maximum atomic E-state index is 5.88. The highest BCUT2D eigenvalue weighted by atomic mass is 79.9. The number of aromatic nitrogens is 2. The van der Waals surface area contributed by atoms with Gasteiger partial charge in [0.05, 0.1) is 16.4 Å². The topological polar surface area (TPSA) is 43.0 Å². The third-order valence-electron chi connectivity index (χ3n) is 2.88. The molecule has 1 atom stereocenters. The van der Waals surface area contributed by atoms with Crippen LogP contribution >= 0.6 is 27.5 Å². The molecule has 0 aromatic carbocycles. The Bertz CT molecular complexity index is 538. The molecule has 6 heteroatoms. The first-order chi connectivity index (χ1) is 9.17. The summed E-state index contributed by atoms with van der Waals surface area (Å²) in [4.78, 5) is 0. The smallest absolute Gasteiger partial charge is 0.193 e. The fourth-order valence-corrected chi connectivity index (χ4v) is 2.69. The molecule has 1 N–H and O–H groups in total. The number of nitrogens with zero attached hydrogens (tertiary/aromatic N) is 2. The molecule has 2 rings (SSSR count). The van der Waals surface area contributed by atoms with E-state index in [1.54, 1.807) is 6.07 Å². The van der Waals surface area contributed by atoms with Crippen molar-refractivity contribution in [3.8, 4) is 0 Å². The Morgan fingerprint density at radius 3 is 2.84 bits per heavy atom. The maximum Gasteiger partial charge on any atom is 0.193 e. The van der Waals surface area contributed by atoms with Crippen molar-refractivity contribution in [2.24, 2.45) is 0 Å². The van der Waals surface area contributed by atoms with Gasteiger partial charge in [0.1, 0.15) is 11.8 Å². The molecule has 19 heavy (non-hydrogen) atoms. The molecule has 0 saturated heterocycles. The Labute approximate surface area is 126 Å². The average molecular weight is 347 g/mol. The molecule has 1 unspecified atom stereocenters. The van der Waals surface area contributed by atoms with E-state index in [9.17, 15) is 0 Å². The van der Waals surface area contributed by atoms with Gasteiger partial charge < -0.3 is 9.73 Å². The second kappa shape index (κ2) is 6.59. The van der Waals surface area contributed by atoms with Gasteiger partial charge in [0.15, 0.2) is 5.22 Å². The lowest BCUT2D eigenvalue weighted by atomic mass is 10.1. The fourth-order valence-electron chi connectivity index (χ4n) is 2.02. The van der Waals surface area contributed by atoms with Crippen LogP contribution in [0.3, 0.4) is 0 Å². The van der Waals surface area contributed by atoms with Crippen molar-refractivity contribution >= 4 is 27.5 Å². The quantitative estimate of drug-likeness (QED) is 0.859. The van der Waals surface area contributed by atoms with Gasteiger partial charge in [-0.15, -0.1) is 0 Å². The zero-order valence-corrected chi connectivity index (χ0v) is 13.3. The van der Waals surface area contributed by atoms with Crippen LogP contribution < -0.4 is 5.32 Å². The molecule has 104 valence electrons. The van der Waals surface area contributed by atoms with Gasteiger partial charge in [-0.3, -0.25) is 4.68 Å². The van der Waals surface area contributed by atoms with Crippen LogP contribution in [0.2, 0.25) is 5.22 Å². The number of rotatable bonds is 6. The van der Waals surface area contributed by atoms with Crippen molar-refractivity contribution in [1.82, 2.24) is 15.1 Å². The molecule has 2 aromatic heterocycles. The number of halogens is 2. The lowest BCUT2D eigenvalue weighted by Crippen LogP contribution is -2.25. The van der Waals surface area contributed by atoms with Crippen LogP contribution in [-0.4, -0.2) is 16.3 Å². The molecule has 2 aromatic rings. The predicted octanol–water partition coefficient (Wildman–Crippen LogP) is 4.00. The first-order valence-electron chi connectivity index (χ1n) is 6.37. The fraction of sp³-hybridized carbons (Fsp3) is 0.462. The molecular weight excluding hydrogens is 330 g/mol. The van der Waals surface area contributed by atoms with Crippen LogP contribution in [0, 0.1) is 0 Å². The summed E-state index contributed by atoms with van der Waals surface area (Å²) in [5, 5.41) is 8.22. The van der Waals surface area contributed by atoms with Gasteiger partial charge in [0.2, 0.25) is 0 Å². The average Bonchev–Trinajstić information content (AvgIpc) is 2.98. The van der Waals surface area contributed by atoms with Crippen molar-refractivity contribution in [3.63, 3.8) is 0 Å². The predicted molar refractivity (Wildman–Crippen MR) is 79.5 cm³/mol. The maximum absolute atomic E-state index is 5.88. The standard InChI is InChI=1S/C13H17BrClN3O/c1-3-7-16-12(10-5-6-11(15)19-10)13-9(14)8-17-18(13)4-2/h5-6,8,12,16H,3-4,7H2,1-2H3. The Balaban J connectivity index is 2.39. The van der Waals surface area contributed by atoms with Crippen molar-refractivity contribution in [2.45, 2.75) is 32.9 Å². The van der Waals surface area contributed by atoms with E-state index in [1.807, 2.05) is 16.9 Å². The Hall–Kier alpha value is -0.780. The highest BCUT2D eigenvalue weighted by molar-refractivity contribution is 9.10. The van der Waals surface area contributed by atoms with Crippen molar-refractivity contribution < 1.29 is 4.42 Å². The van der Waals surface area contributed by atoms with E-state index >= 15 is 0 Å². The van der Waals surface area contributed by atoms with Crippen molar-refractivity contribution in [1.29, 1.82) is 0 Å². The summed E-state index contributed by atoms with van der Waals surface area (Å²) >= 11 is 9.44. The first-order valence-corrected chi connectivity index (χ1v) is 7.54. The Kier molecular flexibility index (Phi) is 5.07. The van der Waals surface area contributed by atoms with Crippen LogP contribution in [0.15, 0.2) is 27.2 Å². The first kappa shape index (κ1) is 14.6. The SMILES string of the molecule is CCCNC(c1ccc(Cl)o1)c1c(Br)cnn1CC. The molecule has 0 aliphatic heterocycles. The summed E-state index contributed by atoms with van der Waals surface area (Å²) in [5.41, 5.74) is 1.06. The van der Waals surface area contributed by atoms with Gasteiger partial charge in [-0.25, -0.2) is 0 Å². The second-order valence-corrected chi connectivity index (χ2v) is 5.45. The van der Waals surface area contributed by atoms with Crippen molar-refractivity contribution in [3.05, 3.63) is 39.5 Å². The summed E-state index contributed by atoms with van der Waals surface area (Å²) in [6.45, 7) is 5.89. The summed E-state index contributed by atoms with van der Waals surface area (Å²) < 4.78 is 8.48. The molecule has 4 nitrogen and oxygen atoms in total. The van der Waals surface area contributed by atoms with E-state index in [0.29, 0.717) is 5.22 Å². The molecule has 0 aliphatic carbocycles. The van der Waals surface area contributed by atoms with E-state index in [1.165, 1.54) is 0 Å². The lowest BCUT2D eigenvalue weighted by molar-refractivity contribution is 0.427. The summed E-state index contributed by atoms with van der Waals surface area (Å²) in [6, 6.07) is 3.61. The minimum absolute atomic E-state index is 0.0516. The second-order valence-electron chi connectivity index (χ2n) is 4.22. The molecule has 0 saturated carbocycles. The van der Waals surface area contributed by atoms with Gasteiger partial charge in [-0.05, 0) is 59.6 Å². The van der Waals surface area contributed by atoms with Crippen LogP contribution in [0.25, 0.3) is 0 Å². The summed E-state index contributed by atoms with van der Waals surface area (Å²) in [5.74, 6) is 0.800. The third kappa shape index (κ3) is 3.22. The number of hydrogen-bond acceptors (Lipinski definition) is 3. The number of furan rings is 1. The zero-order valence-electron chi connectivity index (χ0n) is 11.0. The number of hydrogen-bond donors (Lipinski definition) is 1. The van der Waals surface area contributed by atoms with Crippen molar-refractivity contribution in [2.75, 3.05) is 6.54 Å². The largest absolute Gasteiger partial charge is 0.448 e. The number of aryl methyl sites for hydroxylation is 1. The molecule has 0 fully saturated rings. The summed E-state index contributed by atoms with van der Waals surface area (Å²) in [6.07, 6.45) is 2.85. The molecule has 2 heterocycles. The summed E-state index contributed by atoms with van der Waals surface area (Å²) in [7, 11) is 0. The monoisotopic (exact) mass is 345 g/mol. The molecule has 0 aliphatic rings. The number of nitrogens with one attached hydrogen (secondary N) is 1. The molecule has 0 radical (unpaired) electrons. The van der Waals surface area contributed by atoms with Crippen LogP contribution in [0.4, 0.5) is 0 Å². The molecule has 0 spiro atoms. The van der Waals surface area contributed by atoms with E-state index in [0.717, 1.165) is 35.4 Å². The normalized spacial score (nSPS) is 12.8. The van der Waals surface area contributed by atoms with Gasteiger partial charge in [0, 0.05) is 6.54 Å². The van der Waals surface area contributed by atoms with Crippen LogP contribution in [-0.2, 0) is 6.54 Å². The third-order valence-corrected chi connectivity index (χ3v) is 3.70. The minimum Gasteiger partial charge on any atom is -0.448 e. The van der Waals surface area contributed by atoms with Gasteiger partial charge in [0.25, 0.3) is 0 Å². The highest BCUT2D eigenvalue weighted by Crippen LogP contribution is 2.30. The highest BCUT2D eigenvalue weighted by Gasteiger charge is 2.23. The molecule has 0 bridgehead atoms. The van der Waals surface area contributed by atoms with Gasteiger partial charge in [-0.1, -0.05) is 6.92 Å². The minimum atomic E-state index is -0.0516. The Morgan fingerprint density at radius 2 is 2.26 bits per heavy atom. The Morgan fingerprint density at radius 1 is 1.47 bits per heavy atom. The lowest BCUT2D eigenvalue weighted by Gasteiger charge is -2.18. The van der Waals surface area contributed by atoms with E-state index in [-0.39, 0.29) is 6.04 Å². The van der Waals surface area contributed by atoms with Gasteiger partial charge in [-0.2, -0.15) is 5.10 Å².